The van der Waals surface area contributed by atoms with E-state index in [1.54, 1.807) is 0 Å². The van der Waals surface area contributed by atoms with Crippen molar-refractivity contribution in [3.8, 4) is 0 Å². The number of aldehydes is 1. The van der Waals surface area contributed by atoms with Crippen LogP contribution in [-0.2, 0) is 19.2 Å². The van der Waals surface area contributed by atoms with Crippen molar-refractivity contribution in [3.05, 3.63) is 0 Å². The van der Waals surface area contributed by atoms with E-state index in [1.165, 1.54) is 0 Å². The number of ketones is 1. The van der Waals surface area contributed by atoms with E-state index in [4.69, 9.17) is 0 Å². The highest BCUT2D eigenvalue weighted by Crippen LogP contribution is 2.04. The third-order valence-corrected chi connectivity index (χ3v) is 1.36. The van der Waals surface area contributed by atoms with Crippen LogP contribution >= 0.6 is 0 Å². The number of hydrogen-bond acceptors (Lipinski definition) is 4. The molecular formula is C6H5NO4. The molecule has 0 radical (unpaired) electrons. The quantitative estimate of drug-likeness (QED) is 0.281. The summed E-state index contributed by atoms with van der Waals surface area (Å²) in [6.45, 7) is 0. The maximum absolute atomic E-state index is 10.7. The van der Waals surface area contributed by atoms with E-state index in [2.05, 4.69) is 0 Å². The molecule has 0 bridgehead atoms. The van der Waals surface area contributed by atoms with Crippen molar-refractivity contribution in [1.82, 2.24) is 5.32 Å². The molecule has 0 aromatic carbocycles. The maximum atomic E-state index is 10.7. The molecule has 5 heteroatoms. The monoisotopic (exact) mass is 155 g/mol. The van der Waals surface area contributed by atoms with Crippen LogP contribution in [0.1, 0.15) is 6.42 Å². The number of Topliss-reactive ketones (excluding diaryl/α,β-unsaturated/α-hetero) is 1. The number of imide groups is 1. The van der Waals surface area contributed by atoms with Crippen LogP contribution in [0, 0.1) is 5.92 Å². The Morgan fingerprint density at radius 2 is 2.00 bits per heavy atom. The Morgan fingerprint density at radius 3 is 2.45 bits per heavy atom. The summed E-state index contributed by atoms with van der Waals surface area (Å²) in [5.74, 6) is -3.37. The Balaban J connectivity index is 2.82. The van der Waals surface area contributed by atoms with Crippen LogP contribution in [0.15, 0.2) is 0 Å². The summed E-state index contributed by atoms with van der Waals surface area (Å²) in [7, 11) is 0. The standard InChI is InChI=1S/C6H5NO4/c8-2-3-4(9)1-5(10)7-6(3)11/h2-3H,1H2,(H,7,10,11). The van der Waals surface area contributed by atoms with Crippen molar-refractivity contribution >= 4 is 23.9 Å². The Hall–Kier alpha value is -1.52. The highest BCUT2D eigenvalue weighted by Gasteiger charge is 2.33. The molecule has 0 saturated carbocycles. The van der Waals surface area contributed by atoms with Gasteiger partial charge in [0.15, 0.2) is 11.7 Å². The van der Waals surface area contributed by atoms with E-state index in [0.29, 0.717) is 0 Å². The van der Waals surface area contributed by atoms with Gasteiger partial charge in [0.05, 0.1) is 6.42 Å². The molecule has 11 heavy (non-hydrogen) atoms. The number of hydrogen-bond donors (Lipinski definition) is 1. The van der Waals surface area contributed by atoms with Gasteiger partial charge in [-0.05, 0) is 0 Å². The van der Waals surface area contributed by atoms with Crippen molar-refractivity contribution in [2.45, 2.75) is 6.42 Å². The molecule has 1 saturated heterocycles. The van der Waals surface area contributed by atoms with Gasteiger partial charge < -0.3 is 4.79 Å². The van der Waals surface area contributed by atoms with E-state index >= 15 is 0 Å². The summed E-state index contributed by atoms with van der Waals surface area (Å²) in [5.41, 5.74) is 0. The lowest BCUT2D eigenvalue weighted by Gasteiger charge is -2.13. The molecule has 0 aromatic rings. The predicted octanol–water partition coefficient (Wildman–Crippen LogP) is -1.58. The number of nitrogens with one attached hydrogen (secondary N) is 1. The lowest BCUT2D eigenvalue weighted by molar-refractivity contribution is -0.144. The van der Waals surface area contributed by atoms with E-state index in [9.17, 15) is 19.2 Å². The summed E-state index contributed by atoms with van der Waals surface area (Å²) in [6.07, 6.45) is -0.140. The molecule has 2 amide bonds. The average molecular weight is 155 g/mol. The minimum atomic E-state index is -1.28. The predicted molar refractivity (Wildman–Crippen MR) is 32.3 cm³/mol. The van der Waals surface area contributed by atoms with Crippen LogP contribution in [0.2, 0.25) is 0 Å². The summed E-state index contributed by atoms with van der Waals surface area (Å²) in [4.78, 5) is 42.0. The highest BCUT2D eigenvalue weighted by atomic mass is 16.2. The zero-order chi connectivity index (χ0) is 8.43. The fraction of sp³-hybridized carbons (Fsp3) is 0.333. The Labute approximate surface area is 61.8 Å². The van der Waals surface area contributed by atoms with Crippen LogP contribution in [0.5, 0.6) is 0 Å². The normalized spacial score (nSPS) is 24.7. The number of piperidine rings is 1. The van der Waals surface area contributed by atoms with Gasteiger partial charge >= 0.3 is 0 Å². The molecule has 1 atom stereocenters. The van der Waals surface area contributed by atoms with Crippen molar-refractivity contribution in [3.63, 3.8) is 0 Å². The SMILES string of the molecule is O=CC1C(=O)CC(=O)NC1=O. The van der Waals surface area contributed by atoms with Crippen molar-refractivity contribution in [2.24, 2.45) is 5.92 Å². The fourth-order valence-electron chi connectivity index (χ4n) is 0.811. The third kappa shape index (κ3) is 1.31. The topological polar surface area (TPSA) is 80.3 Å². The molecule has 0 spiro atoms. The second-order valence-electron chi connectivity index (χ2n) is 2.17. The van der Waals surface area contributed by atoms with Gasteiger partial charge in [-0.25, -0.2) is 0 Å². The molecule has 1 N–H and O–H groups in total. The second kappa shape index (κ2) is 2.61. The molecule has 0 aliphatic carbocycles. The van der Waals surface area contributed by atoms with Gasteiger partial charge in [-0.15, -0.1) is 0 Å². The highest BCUT2D eigenvalue weighted by molar-refractivity contribution is 6.24. The zero-order valence-electron chi connectivity index (χ0n) is 5.49. The van der Waals surface area contributed by atoms with Gasteiger partial charge in [-0.2, -0.15) is 0 Å². The summed E-state index contributed by atoms with van der Waals surface area (Å²) < 4.78 is 0. The first-order valence-electron chi connectivity index (χ1n) is 2.97. The van der Waals surface area contributed by atoms with Crippen LogP contribution in [0.4, 0.5) is 0 Å². The maximum Gasteiger partial charge on any atom is 0.244 e. The lowest BCUT2D eigenvalue weighted by atomic mass is 9.98. The Kier molecular flexibility index (Phi) is 1.80. The molecule has 58 valence electrons. The van der Waals surface area contributed by atoms with Crippen molar-refractivity contribution in [2.75, 3.05) is 0 Å². The lowest BCUT2D eigenvalue weighted by Crippen LogP contribution is -2.46. The molecule has 1 heterocycles. The van der Waals surface area contributed by atoms with Gasteiger partial charge in [0, 0.05) is 0 Å². The second-order valence-corrected chi connectivity index (χ2v) is 2.17. The van der Waals surface area contributed by atoms with Gasteiger partial charge in [-0.1, -0.05) is 0 Å². The van der Waals surface area contributed by atoms with Crippen LogP contribution in [0.3, 0.4) is 0 Å². The fourth-order valence-corrected chi connectivity index (χ4v) is 0.811. The molecule has 1 rings (SSSR count). The number of rotatable bonds is 1. The van der Waals surface area contributed by atoms with E-state index < -0.39 is 23.5 Å². The number of amides is 2. The van der Waals surface area contributed by atoms with E-state index in [1.807, 2.05) is 5.32 Å². The zero-order valence-corrected chi connectivity index (χ0v) is 5.49. The minimum Gasteiger partial charge on any atom is -0.302 e. The van der Waals surface area contributed by atoms with Crippen LogP contribution in [-0.4, -0.2) is 23.9 Å². The van der Waals surface area contributed by atoms with E-state index in [0.717, 1.165) is 0 Å². The number of carbonyl (C=O) groups is 4. The summed E-state index contributed by atoms with van der Waals surface area (Å²) in [6, 6.07) is 0. The summed E-state index contributed by atoms with van der Waals surface area (Å²) in [5, 5.41) is 1.88. The van der Waals surface area contributed by atoms with E-state index in [-0.39, 0.29) is 12.7 Å². The number of carbonyl (C=O) groups excluding carboxylic acids is 4. The molecule has 1 unspecified atom stereocenters. The molecule has 5 nitrogen and oxygen atoms in total. The first kappa shape index (κ1) is 7.59. The van der Waals surface area contributed by atoms with Crippen molar-refractivity contribution in [1.29, 1.82) is 0 Å². The van der Waals surface area contributed by atoms with Gasteiger partial charge in [-0.3, -0.25) is 19.7 Å². The van der Waals surface area contributed by atoms with Crippen molar-refractivity contribution < 1.29 is 19.2 Å². The molecule has 0 aromatic heterocycles. The first-order valence-corrected chi connectivity index (χ1v) is 2.97. The molecule has 1 fully saturated rings. The third-order valence-electron chi connectivity index (χ3n) is 1.36. The smallest absolute Gasteiger partial charge is 0.244 e. The Morgan fingerprint density at radius 1 is 1.36 bits per heavy atom. The molecular weight excluding hydrogens is 150 g/mol. The van der Waals surface area contributed by atoms with Crippen LogP contribution in [0.25, 0.3) is 0 Å². The molecule has 1 aliphatic rings. The molecule has 1 aliphatic heterocycles. The average Bonchev–Trinajstić information content (AvgIpc) is 1.85. The summed E-state index contributed by atoms with van der Waals surface area (Å²) >= 11 is 0. The first-order chi connectivity index (χ1) is 5.15. The van der Waals surface area contributed by atoms with Gasteiger partial charge in [0.1, 0.15) is 6.29 Å². The van der Waals surface area contributed by atoms with Crippen LogP contribution < -0.4 is 5.32 Å². The largest absolute Gasteiger partial charge is 0.302 e. The van der Waals surface area contributed by atoms with Gasteiger partial charge in [0.2, 0.25) is 11.8 Å². The van der Waals surface area contributed by atoms with Gasteiger partial charge in [0.25, 0.3) is 0 Å². The minimum absolute atomic E-state index is 0.240. The Bertz CT molecular complexity index is 225.